The Morgan fingerprint density at radius 1 is 1.18 bits per heavy atom. The van der Waals surface area contributed by atoms with E-state index in [2.05, 4.69) is 35.3 Å². The fraction of sp³-hybridized carbons (Fsp3) is 0.421. The topological polar surface area (TPSA) is 32.3 Å². The van der Waals surface area contributed by atoms with Gasteiger partial charge in [0.25, 0.3) is 0 Å². The monoisotopic (exact) mass is 296 g/mol. The van der Waals surface area contributed by atoms with Crippen LogP contribution in [0.2, 0.25) is 0 Å². The molecular formula is C19H24N2O. The van der Waals surface area contributed by atoms with Crippen molar-refractivity contribution < 1.29 is 4.79 Å². The van der Waals surface area contributed by atoms with Gasteiger partial charge >= 0.3 is 0 Å². The molecule has 2 atom stereocenters. The predicted octanol–water partition coefficient (Wildman–Crippen LogP) is 4.04. The number of rotatable bonds is 3. The maximum Gasteiger partial charge on any atom is 0.241 e. The molecule has 3 nitrogen and oxygen atoms in total. The number of amides is 1. The summed E-state index contributed by atoms with van der Waals surface area (Å²) in [6.07, 6.45) is 3.65. The lowest BCUT2D eigenvalue weighted by Gasteiger charge is -2.37. The molecule has 1 saturated heterocycles. The highest BCUT2D eigenvalue weighted by Crippen LogP contribution is 2.24. The third-order valence-corrected chi connectivity index (χ3v) is 4.78. The van der Waals surface area contributed by atoms with Crippen molar-refractivity contribution in [3.05, 3.63) is 42.5 Å². The minimum Gasteiger partial charge on any atom is -0.324 e. The zero-order valence-electron chi connectivity index (χ0n) is 13.4. The number of hydrogen-bond acceptors (Lipinski definition) is 2. The Balaban J connectivity index is 1.78. The molecule has 1 N–H and O–H groups in total. The highest BCUT2D eigenvalue weighted by atomic mass is 16.2. The van der Waals surface area contributed by atoms with Gasteiger partial charge < -0.3 is 5.32 Å². The largest absolute Gasteiger partial charge is 0.324 e. The molecule has 0 saturated carbocycles. The first-order chi connectivity index (χ1) is 10.7. The van der Waals surface area contributed by atoms with Gasteiger partial charge in [-0.2, -0.15) is 0 Å². The molecule has 2 unspecified atom stereocenters. The molecule has 0 spiro atoms. The standard InChI is InChI=1S/C19H24N2O/c1-14-8-5-6-13-21(14)15(2)19(22)20-18-12-7-10-16-9-3-4-11-17(16)18/h3-4,7,9-12,14-15H,5-6,8,13H2,1-2H3,(H,20,22). The van der Waals surface area contributed by atoms with Gasteiger partial charge in [-0.3, -0.25) is 9.69 Å². The van der Waals surface area contributed by atoms with Crippen LogP contribution in [0.1, 0.15) is 33.1 Å². The third kappa shape index (κ3) is 3.00. The van der Waals surface area contributed by atoms with Crippen molar-refractivity contribution in [2.75, 3.05) is 11.9 Å². The summed E-state index contributed by atoms with van der Waals surface area (Å²) < 4.78 is 0. The minimum atomic E-state index is -0.0886. The van der Waals surface area contributed by atoms with E-state index in [1.165, 1.54) is 19.3 Å². The Morgan fingerprint density at radius 3 is 2.77 bits per heavy atom. The number of carbonyl (C=O) groups is 1. The second-order valence-corrected chi connectivity index (χ2v) is 6.27. The fourth-order valence-electron chi connectivity index (χ4n) is 3.42. The van der Waals surface area contributed by atoms with Crippen LogP contribution in [0.4, 0.5) is 5.69 Å². The number of anilines is 1. The van der Waals surface area contributed by atoms with Crippen molar-refractivity contribution in [1.82, 2.24) is 4.90 Å². The van der Waals surface area contributed by atoms with Crippen LogP contribution in [-0.4, -0.2) is 29.4 Å². The molecule has 3 rings (SSSR count). The van der Waals surface area contributed by atoms with Crippen LogP contribution < -0.4 is 5.32 Å². The van der Waals surface area contributed by atoms with Crippen molar-refractivity contribution in [3.8, 4) is 0 Å². The number of nitrogens with zero attached hydrogens (tertiary/aromatic N) is 1. The molecular weight excluding hydrogens is 272 g/mol. The van der Waals surface area contributed by atoms with Crippen molar-refractivity contribution in [3.63, 3.8) is 0 Å². The quantitative estimate of drug-likeness (QED) is 0.927. The number of fused-ring (bicyclic) bond motifs is 1. The fourth-order valence-corrected chi connectivity index (χ4v) is 3.42. The molecule has 22 heavy (non-hydrogen) atoms. The molecule has 1 amide bonds. The summed E-state index contributed by atoms with van der Waals surface area (Å²) >= 11 is 0. The van der Waals surface area contributed by atoms with E-state index < -0.39 is 0 Å². The predicted molar refractivity (Wildman–Crippen MR) is 92.1 cm³/mol. The molecule has 1 fully saturated rings. The van der Waals surface area contributed by atoms with Crippen LogP contribution in [-0.2, 0) is 4.79 Å². The van der Waals surface area contributed by atoms with Gasteiger partial charge in [-0.05, 0) is 44.7 Å². The first-order valence-corrected chi connectivity index (χ1v) is 8.21. The summed E-state index contributed by atoms with van der Waals surface area (Å²) in [4.78, 5) is 15.0. The lowest BCUT2D eigenvalue weighted by atomic mass is 10.0. The third-order valence-electron chi connectivity index (χ3n) is 4.78. The van der Waals surface area contributed by atoms with Gasteiger partial charge in [-0.1, -0.05) is 42.8 Å². The van der Waals surface area contributed by atoms with Crippen LogP contribution in [0.25, 0.3) is 10.8 Å². The maximum atomic E-state index is 12.6. The van der Waals surface area contributed by atoms with E-state index in [-0.39, 0.29) is 11.9 Å². The van der Waals surface area contributed by atoms with Crippen LogP contribution >= 0.6 is 0 Å². The average Bonchev–Trinajstić information content (AvgIpc) is 2.55. The molecule has 1 aliphatic heterocycles. The van der Waals surface area contributed by atoms with E-state index in [1.54, 1.807) is 0 Å². The second kappa shape index (κ2) is 6.49. The Kier molecular flexibility index (Phi) is 4.44. The average molecular weight is 296 g/mol. The number of hydrogen-bond donors (Lipinski definition) is 1. The van der Waals surface area contributed by atoms with Crippen molar-refractivity contribution in [2.24, 2.45) is 0 Å². The summed E-state index contributed by atoms with van der Waals surface area (Å²) in [5.41, 5.74) is 0.902. The lowest BCUT2D eigenvalue weighted by molar-refractivity contribution is -0.122. The van der Waals surface area contributed by atoms with E-state index in [1.807, 2.05) is 31.2 Å². The molecule has 3 heteroatoms. The summed E-state index contributed by atoms with van der Waals surface area (Å²) in [6.45, 7) is 5.26. The summed E-state index contributed by atoms with van der Waals surface area (Å²) in [5.74, 6) is 0.0881. The van der Waals surface area contributed by atoms with Crippen molar-refractivity contribution in [2.45, 2.75) is 45.2 Å². The molecule has 0 bridgehead atoms. The second-order valence-electron chi connectivity index (χ2n) is 6.27. The number of benzene rings is 2. The zero-order valence-corrected chi connectivity index (χ0v) is 13.4. The maximum absolute atomic E-state index is 12.6. The van der Waals surface area contributed by atoms with Crippen LogP contribution in [0, 0.1) is 0 Å². The molecule has 2 aromatic carbocycles. The first-order valence-electron chi connectivity index (χ1n) is 8.21. The van der Waals surface area contributed by atoms with E-state index >= 15 is 0 Å². The summed E-state index contributed by atoms with van der Waals surface area (Å²) in [5, 5.41) is 5.37. The summed E-state index contributed by atoms with van der Waals surface area (Å²) in [6, 6.07) is 14.6. The molecule has 1 heterocycles. The number of nitrogens with one attached hydrogen (secondary N) is 1. The zero-order chi connectivity index (χ0) is 15.5. The minimum absolute atomic E-state index is 0.0881. The SMILES string of the molecule is CC1CCCCN1C(C)C(=O)Nc1cccc2ccccc12. The molecule has 0 radical (unpaired) electrons. The van der Waals surface area contributed by atoms with Gasteiger partial charge in [-0.25, -0.2) is 0 Å². The van der Waals surface area contributed by atoms with Crippen molar-refractivity contribution in [1.29, 1.82) is 0 Å². The smallest absolute Gasteiger partial charge is 0.241 e. The normalized spacial score (nSPS) is 20.7. The van der Waals surface area contributed by atoms with Gasteiger partial charge in [0.15, 0.2) is 0 Å². The van der Waals surface area contributed by atoms with Gasteiger partial charge in [0.2, 0.25) is 5.91 Å². The number of likely N-dealkylation sites (tertiary alicyclic amines) is 1. The van der Waals surface area contributed by atoms with E-state index in [0.717, 1.165) is 23.0 Å². The number of carbonyl (C=O) groups excluding carboxylic acids is 1. The van der Waals surface area contributed by atoms with E-state index in [9.17, 15) is 4.79 Å². The molecule has 116 valence electrons. The molecule has 0 aromatic heterocycles. The lowest BCUT2D eigenvalue weighted by Crippen LogP contribution is -2.48. The highest BCUT2D eigenvalue weighted by Gasteiger charge is 2.27. The molecule has 2 aromatic rings. The molecule has 1 aliphatic rings. The highest BCUT2D eigenvalue weighted by molar-refractivity contribution is 6.03. The van der Waals surface area contributed by atoms with E-state index in [4.69, 9.17) is 0 Å². The van der Waals surface area contributed by atoms with Gasteiger partial charge in [0, 0.05) is 17.1 Å². The Morgan fingerprint density at radius 2 is 1.95 bits per heavy atom. The Bertz CT molecular complexity index is 662. The first kappa shape index (κ1) is 15.0. The van der Waals surface area contributed by atoms with E-state index in [0.29, 0.717) is 6.04 Å². The number of piperidine rings is 1. The van der Waals surface area contributed by atoms with Gasteiger partial charge in [0.1, 0.15) is 0 Å². The Labute approximate surface area is 132 Å². The van der Waals surface area contributed by atoms with Crippen LogP contribution in [0.15, 0.2) is 42.5 Å². The Hall–Kier alpha value is -1.87. The van der Waals surface area contributed by atoms with Gasteiger partial charge in [-0.15, -0.1) is 0 Å². The van der Waals surface area contributed by atoms with Crippen LogP contribution in [0.3, 0.4) is 0 Å². The molecule has 0 aliphatic carbocycles. The van der Waals surface area contributed by atoms with Crippen LogP contribution in [0.5, 0.6) is 0 Å². The van der Waals surface area contributed by atoms with Crippen molar-refractivity contribution >= 4 is 22.4 Å². The van der Waals surface area contributed by atoms with Gasteiger partial charge in [0.05, 0.1) is 6.04 Å². The summed E-state index contributed by atoms with van der Waals surface area (Å²) in [7, 11) is 0.